The Morgan fingerprint density at radius 3 is 3.00 bits per heavy atom. The number of allylic oxidation sites excluding steroid dienone is 1. The topological polar surface area (TPSA) is 40.9 Å². The highest BCUT2D eigenvalue weighted by molar-refractivity contribution is 8.06. The van der Waals surface area contributed by atoms with E-state index in [9.17, 15) is 4.79 Å². The summed E-state index contributed by atoms with van der Waals surface area (Å²) < 4.78 is 0. The number of aryl methyl sites for hydroxylation is 1. The van der Waals surface area contributed by atoms with Gasteiger partial charge < -0.3 is 0 Å². The van der Waals surface area contributed by atoms with Gasteiger partial charge in [-0.05, 0) is 36.2 Å². The van der Waals surface area contributed by atoms with Crippen molar-refractivity contribution in [3.8, 4) is 5.40 Å². The van der Waals surface area contributed by atoms with E-state index in [1.54, 1.807) is 6.07 Å². The van der Waals surface area contributed by atoms with Gasteiger partial charge in [-0.1, -0.05) is 23.8 Å². The van der Waals surface area contributed by atoms with Crippen LogP contribution in [0.1, 0.15) is 15.9 Å². The number of carbonyl (C=O) groups is 1. The van der Waals surface area contributed by atoms with Gasteiger partial charge in [-0.15, -0.1) is 0 Å². The lowest BCUT2D eigenvalue weighted by Gasteiger charge is -1.96. The second-order valence-electron chi connectivity index (χ2n) is 2.75. The SMILES string of the molecule is Cc1cccc(C(=O)C=CSC#N)c1. The van der Waals surface area contributed by atoms with Gasteiger partial charge in [0.05, 0.1) is 0 Å². The van der Waals surface area contributed by atoms with Crippen LogP contribution in [0.2, 0.25) is 0 Å². The van der Waals surface area contributed by atoms with Gasteiger partial charge >= 0.3 is 0 Å². The normalized spacial score (nSPS) is 10.0. The second-order valence-corrected chi connectivity index (χ2v) is 3.44. The van der Waals surface area contributed by atoms with Gasteiger partial charge in [-0.25, -0.2) is 0 Å². The Balaban J connectivity index is 2.76. The summed E-state index contributed by atoms with van der Waals surface area (Å²) in [4.78, 5) is 11.5. The molecular formula is C11H9NOS. The summed E-state index contributed by atoms with van der Waals surface area (Å²) in [6.45, 7) is 1.94. The molecule has 0 amide bonds. The first kappa shape index (κ1) is 10.6. The minimum atomic E-state index is -0.0727. The van der Waals surface area contributed by atoms with Crippen molar-refractivity contribution >= 4 is 17.5 Å². The molecule has 0 spiro atoms. The zero-order valence-electron chi connectivity index (χ0n) is 7.73. The Morgan fingerprint density at radius 2 is 2.36 bits per heavy atom. The molecule has 3 heteroatoms. The summed E-state index contributed by atoms with van der Waals surface area (Å²) in [5.74, 6) is -0.0727. The number of thioether (sulfide) groups is 1. The fourth-order valence-corrected chi connectivity index (χ4v) is 1.27. The van der Waals surface area contributed by atoms with Crippen LogP contribution in [0.4, 0.5) is 0 Å². The van der Waals surface area contributed by atoms with E-state index in [0.29, 0.717) is 5.56 Å². The summed E-state index contributed by atoms with van der Waals surface area (Å²) in [5, 5.41) is 11.6. The Morgan fingerprint density at radius 1 is 1.57 bits per heavy atom. The number of hydrogen-bond donors (Lipinski definition) is 0. The van der Waals surface area contributed by atoms with Crippen molar-refractivity contribution < 1.29 is 4.79 Å². The molecule has 70 valence electrons. The van der Waals surface area contributed by atoms with Gasteiger partial charge in [-0.2, -0.15) is 5.26 Å². The summed E-state index contributed by atoms with van der Waals surface area (Å²) >= 11 is 0.939. The van der Waals surface area contributed by atoms with Crippen LogP contribution in [-0.4, -0.2) is 5.78 Å². The second kappa shape index (κ2) is 5.25. The first-order valence-electron chi connectivity index (χ1n) is 4.06. The molecule has 2 nitrogen and oxygen atoms in total. The largest absolute Gasteiger partial charge is 0.289 e. The number of nitrogens with zero attached hydrogens (tertiary/aromatic N) is 1. The number of nitriles is 1. The van der Waals surface area contributed by atoms with Gasteiger partial charge in [-0.3, -0.25) is 4.79 Å². The first-order valence-corrected chi connectivity index (χ1v) is 4.94. The molecule has 14 heavy (non-hydrogen) atoms. The maximum absolute atomic E-state index is 11.5. The Labute approximate surface area is 87.2 Å². The van der Waals surface area contributed by atoms with Crippen LogP contribution in [0, 0.1) is 17.6 Å². The van der Waals surface area contributed by atoms with Crippen molar-refractivity contribution in [1.29, 1.82) is 5.26 Å². The van der Waals surface area contributed by atoms with Crippen molar-refractivity contribution in [2.75, 3.05) is 0 Å². The van der Waals surface area contributed by atoms with Crippen LogP contribution in [0.15, 0.2) is 35.7 Å². The summed E-state index contributed by atoms with van der Waals surface area (Å²) in [7, 11) is 0. The van der Waals surface area contributed by atoms with Crippen molar-refractivity contribution in [2.24, 2.45) is 0 Å². The number of hydrogen-bond acceptors (Lipinski definition) is 3. The fourth-order valence-electron chi connectivity index (χ4n) is 1.02. The molecule has 0 aliphatic carbocycles. The van der Waals surface area contributed by atoms with E-state index >= 15 is 0 Å². The lowest BCUT2D eigenvalue weighted by Crippen LogP contribution is -1.93. The van der Waals surface area contributed by atoms with E-state index in [2.05, 4.69) is 0 Å². The van der Waals surface area contributed by atoms with Crippen LogP contribution in [-0.2, 0) is 0 Å². The molecule has 0 radical (unpaired) electrons. The van der Waals surface area contributed by atoms with Crippen LogP contribution in [0.25, 0.3) is 0 Å². The smallest absolute Gasteiger partial charge is 0.186 e. The molecule has 0 aliphatic heterocycles. The fraction of sp³-hybridized carbons (Fsp3) is 0.0909. The molecular weight excluding hydrogens is 194 g/mol. The zero-order chi connectivity index (χ0) is 10.4. The monoisotopic (exact) mass is 203 g/mol. The lowest BCUT2D eigenvalue weighted by atomic mass is 10.1. The molecule has 0 bridgehead atoms. The molecule has 1 aromatic carbocycles. The van der Waals surface area contributed by atoms with E-state index in [1.165, 1.54) is 11.5 Å². The maximum atomic E-state index is 11.5. The Kier molecular flexibility index (Phi) is 3.96. The molecule has 0 aromatic heterocycles. The van der Waals surface area contributed by atoms with Gasteiger partial charge in [0.15, 0.2) is 5.78 Å². The minimum absolute atomic E-state index is 0.0727. The van der Waals surface area contributed by atoms with Crippen molar-refractivity contribution in [3.63, 3.8) is 0 Å². The molecule has 0 N–H and O–H groups in total. The quantitative estimate of drug-likeness (QED) is 0.431. The third-order valence-corrected chi connectivity index (χ3v) is 2.02. The molecule has 1 aromatic rings. The lowest BCUT2D eigenvalue weighted by molar-refractivity contribution is 0.104. The van der Waals surface area contributed by atoms with Crippen molar-refractivity contribution in [2.45, 2.75) is 6.92 Å². The van der Waals surface area contributed by atoms with Crippen LogP contribution < -0.4 is 0 Å². The third-order valence-electron chi connectivity index (χ3n) is 1.64. The van der Waals surface area contributed by atoms with E-state index in [1.807, 2.05) is 30.5 Å². The molecule has 0 saturated heterocycles. The molecule has 0 unspecified atom stereocenters. The van der Waals surface area contributed by atoms with Gasteiger partial charge in [0.1, 0.15) is 5.40 Å². The van der Waals surface area contributed by atoms with Gasteiger partial charge in [0, 0.05) is 5.56 Å². The van der Waals surface area contributed by atoms with Gasteiger partial charge in [0.25, 0.3) is 0 Å². The highest BCUT2D eigenvalue weighted by atomic mass is 32.2. The van der Waals surface area contributed by atoms with Crippen LogP contribution >= 0.6 is 11.8 Å². The van der Waals surface area contributed by atoms with E-state index in [4.69, 9.17) is 5.26 Å². The molecule has 0 atom stereocenters. The number of rotatable bonds is 3. The zero-order valence-corrected chi connectivity index (χ0v) is 8.54. The van der Waals surface area contributed by atoms with E-state index in [-0.39, 0.29) is 5.78 Å². The highest BCUT2D eigenvalue weighted by Crippen LogP contribution is 2.07. The number of thiocyanates is 1. The summed E-state index contributed by atoms with van der Waals surface area (Å²) in [5.41, 5.74) is 1.71. The Bertz CT molecular complexity index is 404. The molecule has 1 rings (SSSR count). The predicted molar refractivity (Wildman–Crippen MR) is 57.9 cm³/mol. The summed E-state index contributed by atoms with van der Waals surface area (Å²) in [6, 6.07) is 7.36. The van der Waals surface area contributed by atoms with Crippen molar-refractivity contribution in [1.82, 2.24) is 0 Å². The third kappa shape index (κ3) is 3.08. The number of ketones is 1. The number of benzene rings is 1. The average molecular weight is 203 g/mol. The van der Waals surface area contributed by atoms with E-state index < -0.39 is 0 Å². The minimum Gasteiger partial charge on any atom is -0.289 e. The van der Waals surface area contributed by atoms with Crippen LogP contribution in [0.5, 0.6) is 0 Å². The van der Waals surface area contributed by atoms with E-state index in [0.717, 1.165) is 17.3 Å². The molecule has 0 fully saturated rings. The summed E-state index contributed by atoms with van der Waals surface area (Å²) in [6.07, 6.45) is 1.41. The number of carbonyl (C=O) groups excluding carboxylic acids is 1. The predicted octanol–water partition coefficient (Wildman–Crippen LogP) is 2.91. The highest BCUT2D eigenvalue weighted by Gasteiger charge is 2.00. The van der Waals surface area contributed by atoms with Crippen LogP contribution in [0.3, 0.4) is 0 Å². The average Bonchev–Trinajstić information content (AvgIpc) is 2.18. The first-order chi connectivity index (χ1) is 6.74. The Hall–Kier alpha value is -1.53. The van der Waals surface area contributed by atoms with Gasteiger partial charge in [0.2, 0.25) is 0 Å². The molecule has 0 heterocycles. The standard InChI is InChI=1S/C11H9NOS/c1-9-3-2-4-10(7-9)11(13)5-6-14-8-12/h2-7H,1H3. The maximum Gasteiger partial charge on any atom is 0.186 e. The molecule has 0 aliphatic rings. The molecule has 0 saturated carbocycles. The van der Waals surface area contributed by atoms with Crippen molar-refractivity contribution in [3.05, 3.63) is 46.9 Å².